The van der Waals surface area contributed by atoms with Crippen LogP contribution in [0.25, 0.3) is 10.3 Å². The fraction of sp³-hybridized carbons (Fsp3) is 0.421. The summed E-state index contributed by atoms with van der Waals surface area (Å²) in [5, 5.41) is 0.718. The van der Waals surface area contributed by atoms with Crippen LogP contribution in [-0.2, 0) is 4.52 Å². The second-order valence-electron chi connectivity index (χ2n) is 7.00. The van der Waals surface area contributed by atoms with Crippen LogP contribution in [0.2, 0.25) is 0 Å². The van der Waals surface area contributed by atoms with Crippen LogP contribution in [0.1, 0.15) is 44.4 Å². The highest BCUT2D eigenvalue weighted by Gasteiger charge is 2.16. The summed E-state index contributed by atoms with van der Waals surface area (Å²) in [4.78, 5) is 29.3. The Morgan fingerprint density at radius 1 is 1.16 bits per heavy atom. The van der Waals surface area contributed by atoms with E-state index in [1.54, 1.807) is 18.2 Å². The summed E-state index contributed by atoms with van der Waals surface area (Å²) < 4.78 is 19.0. The smallest absolute Gasteiger partial charge is 0.327 e. The number of benzene rings is 1. The lowest BCUT2D eigenvalue weighted by Gasteiger charge is -2.11. The quantitative estimate of drug-likeness (QED) is 0.151. The highest BCUT2D eigenvalue weighted by Crippen LogP contribution is 2.36. The number of halogens is 1. The molecular weight excluding hydrogens is 460 g/mol. The predicted octanol–water partition coefficient (Wildman–Crippen LogP) is 4.89. The molecule has 170 valence electrons. The molecule has 2 aromatic heterocycles. The maximum atomic E-state index is 13.8. The molecule has 0 fully saturated rings. The predicted molar refractivity (Wildman–Crippen MR) is 126 cm³/mol. The zero-order valence-electron chi connectivity index (χ0n) is 17.5. The molecule has 3 aromatic rings. The highest BCUT2D eigenvalue weighted by molar-refractivity contribution is 7.99. The van der Waals surface area contributed by atoms with Gasteiger partial charge in [-0.05, 0) is 31.7 Å². The van der Waals surface area contributed by atoms with Gasteiger partial charge in [0.05, 0.1) is 6.61 Å². The number of nitrogens with zero attached hydrogens (tertiary/aromatic N) is 3. The number of nitrogens with two attached hydrogens (primary N) is 2. The van der Waals surface area contributed by atoms with Gasteiger partial charge in [0.1, 0.15) is 16.3 Å². The minimum atomic E-state index is -2.13. The molecule has 0 aliphatic carbocycles. The van der Waals surface area contributed by atoms with Gasteiger partial charge < -0.3 is 25.8 Å². The van der Waals surface area contributed by atoms with E-state index in [9.17, 15) is 4.39 Å². The van der Waals surface area contributed by atoms with E-state index >= 15 is 0 Å². The first-order valence-corrected chi connectivity index (χ1v) is 12.4. The summed E-state index contributed by atoms with van der Waals surface area (Å²) in [6.45, 7) is 6.60. The SMILES string of the molecule is CC(C)CCCOP(O)O.CC(Sc1nc(N)c2sc(N)nc2n1)c1ccccc1F. The summed E-state index contributed by atoms with van der Waals surface area (Å²) in [5.41, 5.74) is 12.6. The van der Waals surface area contributed by atoms with E-state index in [1.165, 1.54) is 29.2 Å². The Hall–Kier alpha value is -1.62. The van der Waals surface area contributed by atoms with Crippen molar-refractivity contribution in [1.82, 2.24) is 15.0 Å². The Kier molecular flexibility index (Phi) is 10.3. The van der Waals surface area contributed by atoms with Gasteiger partial charge in [-0.1, -0.05) is 55.1 Å². The van der Waals surface area contributed by atoms with Crippen LogP contribution >= 0.6 is 31.7 Å². The van der Waals surface area contributed by atoms with E-state index in [4.69, 9.17) is 21.3 Å². The molecule has 0 aliphatic rings. The molecule has 0 saturated carbocycles. The lowest BCUT2D eigenvalue weighted by molar-refractivity contribution is 0.245. The van der Waals surface area contributed by atoms with Crippen LogP contribution in [0, 0.1) is 11.7 Å². The number of thiazole rings is 1. The van der Waals surface area contributed by atoms with Gasteiger partial charge in [-0.3, -0.25) is 0 Å². The Bertz CT molecular complexity index is 967. The van der Waals surface area contributed by atoms with Gasteiger partial charge in [0, 0.05) is 10.8 Å². The topological polar surface area (TPSA) is 140 Å². The Morgan fingerprint density at radius 3 is 2.52 bits per heavy atom. The van der Waals surface area contributed by atoms with Crippen molar-refractivity contribution in [3.63, 3.8) is 0 Å². The average molecular weight is 488 g/mol. The van der Waals surface area contributed by atoms with Gasteiger partial charge in [0.15, 0.2) is 15.9 Å². The zero-order valence-corrected chi connectivity index (χ0v) is 20.1. The van der Waals surface area contributed by atoms with Crippen LogP contribution in [0.15, 0.2) is 29.4 Å². The first kappa shape index (κ1) is 25.6. The van der Waals surface area contributed by atoms with Gasteiger partial charge in [-0.15, -0.1) is 0 Å². The van der Waals surface area contributed by atoms with Crippen LogP contribution in [0.5, 0.6) is 0 Å². The van der Waals surface area contributed by atoms with Crippen LogP contribution in [-0.4, -0.2) is 31.3 Å². The average Bonchev–Trinajstić information content (AvgIpc) is 3.06. The Labute approximate surface area is 190 Å². The van der Waals surface area contributed by atoms with Crippen molar-refractivity contribution in [2.24, 2.45) is 5.92 Å². The molecule has 8 nitrogen and oxygen atoms in total. The number of anilines is 2. The molecule has 0 aliphatic heterocycles. The normalized spacial score (nSPS) is 12.3. The van der Waals surface area contributed by atoms with Crippen LogP contribution in [0.4, 0.5) is 15.3 Å². The molecule has 1 aromatic carbocycles. The molecule has 2 heterocycles. The third kappa shape index (κ3) is 8.44. The molecule has 1 unspecified atom stereocenters. The van der Waals surface area contributed by atoms with E-state index in [0.29, 0.717) is 44.5 Å². The molecule has 0 radical (unpaired) electrons. The second kappa shape index (κ2) is 12.4. The first-order chi connectivity index (χ1) is 14.7. The number of aromatic nitrogens is 3. The van der Waals surface area contributed by atoms with Crippen molar-refractivity contribution in [2.45, 2.75) is 44.0 Å². The van der Waals surface area contributed by atoms with Crippen molar-refractivity contribution in [3.05, 3.63) is 35.6 Å². The number of hydrogen-bond acceptors (Lipinski definition) is 10. The van der Waals surface area contributed by atoms with Gasteiger partial charge in [0.2, 0.25) is 0 Å². The molecule has 3 rings (SSSR count). The maximum absolute atomic E-state index is 13.8. The molecule has 0 bridgehead atoms. The number of fused-ring (bicyclic) bond motifs is 1. The largest absolute Gasteiger partial charge is 0.382 e. The summed E-state index contributed by atoms with van der Waals surface area (Å²) in [6, 6.07) is 6.64. The monoisotopic (exact) mass is 487 g/mol. The zero-order chi connectivity index (χ0) is 23.0. The van der Waals surface area contributed by atoms with Gasteiger partial charge in [-0.2, -0.15) is 0 Å². The summed E-state index contributed by atoms with van der Waals surface area (Å²) in [5.74, 6) is 0.758. The second-order valence-corrected chi connectivity index (χ2v) is 10.1. The molecule has 6 N–H and O–H groups in total. The number of thioether (sulfide) groups is 1. The van der Waals surface area contributed by atoms with Crippen molar-refractivity contribution < 1.29 is 18.7 Å². The number of nitrogen functional groups attached to an aromatic ring is 2. The van der Waals surface area contributed by atoms with Gasteiger partial charge in [0.25, 0.3) is 0 Å². The molecule has 0 spiro atoms. The standard InChI is InChI=1S/C13H12FN5S2.C6H15O3P/c1-6(7-4-2-3-5-8(7)14)20-13-17-10(15)9-11(19-13)18-12(16)21-9;1-6(2)4-3-5-9-10(7)8/h2-6H,1H3,(H4,15,16,17,18,19);6-8H,3-5H2,1-2H3. The minimum absolute atomic E-state index is 0.140. The first-order valence-electron chi connectivity index (χ1n) is 9.58. The van der Waals surface area contributed by atoms with Crippen molar-refractivity contribution in [1.29, 1.82) is 0 Å². The summed E-state index contributed by atoms with van der Waals surface area (Å²) in [6.07, 6.45) is 1.97. The number of rotatable bonds is 8. The highest BCUT2D eigenvalue weighted by atomic mass is 32.2. The molecule has 1 atom stereocenters. The fourth-order valence-corrected chi connectivity index (χ4v) is 4.45. The molecule has 0 amide bonds. The summed E-state index contributed by atoms with van der Waals surface area (Å²) >= 11 is 2.58. The fourth-order valence-electron chi connectivity index (χ4n) is 2.56. The van der Waals surface area contributed by atoms with E-state index in [2.05, 4.69) is 33.3 Å². The third-order valence-electron chi connectivity index (χ3n) is 4.03. The van der Waals surface area contributed by atoms with E-state index in [1.807, 2.05) is 6.92 Å². The lowest BCUT2D eigenvalue weighted by Crippen LogP contribution is -1.98. The van der Waals surface area contributed by atoms with Crippen molar-refractivity contribution in [3.8, 4) is 0 Å². The van der Waals surface area contributed by atoms with E-state index < -0.39 is 8.60 Å². The van der Waals surface area contributed by atoms with Gasteiger partial charge >= 0.3 is 8.60 Å². The Morgan fingerprint density at radius 2 is 1.87 bits per heavy atom. The molecule has 31 heavy (non-hydrogen) atoms. The molecule has 12 heteroatoms. The third-order valence-corrected chi connectivity index (χ3v) is 6.34. The molecule has 0 saturated heterocycles. The van der Waals surface area contributed by atoms with Crippen LogP contribution in [0.3, 0.4) is 0 Å². The number of hydrogen-bond donors (Lipinski definition) is 4. The van der Waals surface area contributed by atoms with E-state index in [-0.39, 0.29) is 11.1 Å². The lowest BCUT2D eigenvalue weighted by atomic mass is 10.1. The maximum Gasteiger partial charge on any atom is 0.327 e. The van der Waals surface area contributed by atoms with Crippen LogP contribution < -0.4 is 11.5 Å². The van der Waals surface area contributed by atoms with Crippen molar-refractivity contribution in [2.75, 3.05) is 18.1 Å². The minimum Gasteiger partial charge on any atom is -0.382 e. The van der Waals surface area contributed by atoms with E-state index in [0.717, 1.165) is 12.8 Å². The van der Waals surface area contributed by atoms with Crippen molar-refractivity contribution >= 4 is 53.0 Å². The summed E-state index contributed by atoms with van der Waals surface area (Å²) in [7, 11) is -2.13. The molecular formula is C19H27FN5O3PS2. The van der Waals surface area contributed by atoms with Gasteiger partial charge in [-0.25, -0.2) is 19.3 Å². The Balaban J connectivity index is 0.000000291.